The van der Waals surface area contributed by atoms with Crippen molar-refractivity contribution < 1.29 is 19.3 Å². The molecule has 1 N–H and O–H groups in total. The second kappa shape index (κ2) is 12.3. The summed E-state index contributed by atoms with van der Waals surface area (Å²) in [5.41, 5.74) is 7.35. The molecular weight excluding hydrogens is 607 g/mol. The van der Waals surface area contributed by atoms with Gasteiger partial charge in [0.1, 0.15) is 22.2 Å². The van der Waals surface area contributed by atoms with Gasteiger partial charge in [-0.25, -0.2) is 4.58 Å². The number of rotatable bonds is 7. The molecule has 0 saturated carbocycles. The van der Waals surface area contributed by atoms with Crippen molar-refractivity contribution in [2.45, 2.75) is 19.6 Å². The molecule has 1 aliphatic carbocycles. The predicted octanol–water partition coefficient (Wildman–Crippen LogP) is 2.77. The van der Waals surface area contributed by atoms with E-state index in [2.05, 4.69) is 84.7 Å². The first-order valence-electron chi connectivity index (χ1n) is 15.2. The maximum absolute atomic E-state index is 13.5. The third-order valence-corrected chi connectivity index (χ3v) is 12.3. The van der Waals surface area contributed by atoms with Crippen LogP contribution in [0.1, 0.15) is 37.4 Å². The van der Waals surface area contributed by atoms with Crippen molar-refractivity contribution in [3.05, 3.63) is 124 Å². The first kappa shape index (κ1) is 31.4. The second-order valence-corrected chi connectivity index (χ2v) is 16.9. The number of aromatic carboxylic acids is 1. The zero-order chi connectivity index (χ0) is 33.5. The Morgan fingerprint density at radius 1 is 0.915 bits per heavy atom. The number of carbonyl (C=O) groups is 2. The number of carboxylic acids is 1. The molecule has 0 bridgehead atoms. The van der Waals surface area contributed by atoms with Gasteiger partial charge in [0.2, 0.25) is 5.82 Å². The lowest BCUT2D eigenvalue weighted by molar-refractivity contribution is -0.462. The molecule has 2 aliphatic rings. The molecule has 0 unspecified atom stereocenters. The molecule has 47 heavy (non-hydrogen) atoms. The predicted molar refractivity (Wildman–Crippen MR) is 183 cm³/mol. The highest BCUT2D eigenvalue weighted by Gasteiger charge is 2.41. The van der Waals surface area contributed by atoms with Crippen molar-refractivity contribution >= 4 is 42.1 Å². The van der Waals surface area contributed by atoms with E-state index in [4.69, 9.17) is 0 Å². The lowest BCUT2D eigenvalue weighted by Crippen LogP contribution is -2.50. The molecule has 1 aliphatic heterocycles. The molecule has 11 heteroatoms. The minimum atomic E-state index is -2.25. The first-order chi connectivity index (χ1) is 22.5. The van der Waals surface area contributed by atoms with Gasteiger partial charge in [0.15, 0.2) is 12.0 Å². The number of nitrogens with one attached hydrogen (secondary N) is 1. The van der Waals surface area contributed by atoms with Gasteiger partial charge in [-0.3, -0.25) is 4.79 Å². The highest BCUT2D eigenvalue weighted by atomic mass is 28.3. The highest BCUT2D eigenvalue weighted by molar-refractivity contribution is 6.98. The van der Waals surface area contributed by atoms with Crippen LogP contribution in [0.25, 0.3) is 17.0 Å². The molecule has 0 fully saturated rings. The number of hydrogen-bond donors (Lipinski definition) is 1. The lowest BCUT2D eigenvalue weighted by atomic mass is 9.86. The molecule has 6 rings (SSSR count). The summed E-state index contributed by atoms with van der Waals surface area (Å²) in [7, 11) is 5.80. The third-order valence-electron chi connectivity index (χ3n) is 8.77. The average Bonchev–Trinajstić information content (AvgIpc) is 3.07. The van der Waals surface area contributed by atoms with E-state index >= 15 is 0 Å². The number of nitrogens with zero attached hydrogens (tertiary/aromatic N) is 6. The van der Waals surface area contributed by atoms with E-state index in [0.29, 0.717) is 17.0 Å². The zero-order valence-corrected chi connectivity index (χ0v) is 28.2. The lowest BCUT2D eigenvalue weighted by Gasteiger charge is -2.38. The van der Waals surface area contributed by atoms with Crippen LogP contribution in [0.2, 0.25) is 13.1 Å². The number of hydrogen-bond acceptors (Lipinski definition) is 8. The number of allylic oxidation sites excluding steroid dienone is 5. The van der Waals surface area contributed by atoms with Gasteiger partial charge in [-0.2, -0.15) is 0 Å². The van der Waals surface area contributed by atoms with Crippen molar-refractivity contribution in [3.8, 4) is 11.4 Å². The van der Waals surface area contributed by atoms with E-state index in [1.807, 2.05) is 52.5 Å². The van der Waals surface area contributed by atoms with Crippen LogP contribution < -0.4 is 20.5 Å². The Kier molecular flexibility index (Phi) is 8.25. The van der Waals surface area contributed by atoms with E-state index in [9.17, 15) is 14.7 Å². The Hall–Kier alpha value is -5.55. The van der Waals surface area contributed by atoms with Crippen molar-refractivity contribution in [3.63, 3.8) is 0 Å². The maximum Gasteiger partial charge on any atom is 0.251 e. The van der Waals surface area contributed by atoms with Crippen LogP contribution in [0.4, 0.5) is 5.69 Å². The summed E-state index contributed by atoms with van der Waals surface area (Å²) in [5.74, 6) is -1.21. The normalized spacial score (nSPS) is 14.6. The third kappa shape index (κ3) is 5.93. The molecule has 0 spiro atoms. The van der Waals surface area contributed by atoms with E-state index in [1.165, 1.54) is 28.8 Å². The zero-order valence-electron chi connectivity index (χ0n) is 27.2. The quantitative estimate of drug-likeness (QED) is 0.241. The second-order valence-electron chi connectivity index (χ2n) is 12.5. The molecule has 3 aromatic carbocycles. The maximum atomic E-state index is 13.5. The summed E-state index contributed by atoms with van der Waals surface area (Å²) in [6.45, 7) is 4.93. The SMILES string of the molecule is CN(C)c1ccc2c(c1)[Si](C)(C)C1=CC(=[N+](C)C)C=CC1=C2c1cc(C(=O)NCc2ccc(-c3nncnn3)cc2)ccc1C(=O)[O-]. The molecule has 1 aromatic heterocycles. The molecule has 236 valence electrons. The Balaban J connectivity index is 1.42. The smallest absolute Gasteiger partial charge is 0.251 e. The topological polar surface area (TPSA) is 127 Å². The van der Waals surface area contributed by atoms with Crippen LogP contribution in [0.5, 0.6) is 0 Å². The number of amides is 1. The van der Waals surface area contributed by atoms with Crippen LogP contribution in [0.15, 0.2) is 96.0 Å². The Bertz CT molecular complexity index is 2040. The Labute approximate surface area is 274 Å². The van der Waals surface area contributed by atoms with Gasteiger partial charge < -0.3 is 20.1 Å². The van der Waals surface area contributed by atoms with Crippen molar-refractivity contribution in [1.29, 1.82) is 0 Å². The van der Waals surface area contributed by atoms with Crippen molar-refractivity contribution in [1.82, 2.24) is 25.7 Å². The van der Waals surface area contributed by atoms with Gasteiger partial charge in [-0.15, -0.1) is 20.4 Å². The summed E-state index contributed by atoms with van der Waals surface area (Å²) in [5, 5.41) is 33.4. The van der Waals surface area contributed by atoms with E-state index in [1.54, 1.807) is 6.07 Å². The molecule has 1 amide bonds. The molecule has 0 saturated heterocycles. The van der Waals surface area contributed by atoms with Crippen LogP contribution in [-0.4, -0.2) is 78.8 Å². The molecule has 4 aromatic rings. The van der Waals surface area contributed by atoms with Gasteiger partial charge >= 0.3 is 0 Å². The Morgan fingerprint density at radius 3 is 2.30 bits per heavy atom. The fourth-order valence-corrected chi connectivity index (χ4v) is 9.19. The summed E-state index contributed by atoms with van der Waals surface area (Å²) in [4.78, 5) is 28.2. The van der Waals surface area contributed by atoms with E-state index < -0.39 is 14.0 Å². The van der Waals surface area contributed by atoms with Crippen LogP contribution in [0.3, 0.4) is 0 Å². The largest absolute Gasteiger partial charge is 0.545 e. The number of carboxylic acid groups (broad SMARTS) is 1. The number of benzene rings is 3. The monoisotopic (exact) mass is 641 g/mol. The summed E-state index contributed by atoms with van der Waals surface area (Å²) < 4.78 is 2.07. The Morgan fingerprint density at radius 2 is 1.64 bits per heavy atom. The van der Waals surface area contributed by atoms with Gasteiger partial charge in [-0.05, 0) is 68.6 Å². The summed E-state index contributed by atoms with van der Waals surface area (Å²) in [6, 6.07) is 18.5. The summed E-state index contributed by atoms with van der Waals surface area (Å²) in [6.07, 6.45) is 7.64. The summed E-state index contributed by atoms with van der Waals surface area (Å²) >= 11 is 0. The minimum Gasteiger partial charge on any atom is -0.545 e. The van der Waals surface area contributed by atoms with Gasteiger partial charge in [0, 0.05) is 55.2 Å². The van der Waals surface area contributed by atoms with Gasteiger partial charge in [0.05, 0.1) is 5.97 Å². The highest BCUT2D eigenvalue weighted by Crippen LogP contribution is 2.43. The standard InChI is InChI=1S/C36H35N7O3Si/c1-42(2)25-12-15-28-31(18-25)47(5,6)32-19-26(43(3)4)13-16-29(32)33(28)30-17-24(11-14-27(30)36(45)46)35(44)37-20-22-7-9-23(10-8-22)34-40-38-21-39-41-34/h7-19,21H,20H2,1-6H3,(H-,37,44,45,46). The molecule has 0 radical (unpaired) electrons. The molecule has 2 heterocycles. The first-order valence-corrected chi connectivity index (χ1v) is 18.2. The van der Waals surface area contributed by atoms with E-state index in [-0.39, 0.29) is 18.0 Å². The molecule has 10 nitrogen and oxygen atoms in total. The number of fused-ring (bicyclic) bond motifs is 2. The fourth-order valence-electron chi connectivity index (χ4n) is 6.12. The minimum absolute atomic E-state index is 0.0332. The molecular formula is C36H35N7O3Si. The van der Waals surface area contributed by atoms with E-state index in [0.717, 1.165) is 39.2 Å². The molecule has 0 atom stereocenters. The van der Waals surface area contributed by atoms with Crippen LogP contribution in [0, 0.1) is 0 Å². The fraction of sp³-hybridized carbons (Fsp3) is 0.194. The number of carbonyl (C=O) groups excluding carboxylic acids is 2. The number of aromatic nitrogens is 4. The van der Waals surface area contributed by atoms with Crippen LogP contribution >= 0.6 is 0 Å². The van der Waals surface area contributed by atoms with Crippen molar-refractivity contribution in [2.24, 2.45) is 0 Å². The van der Waals surface area contributed by atoms with Crippen LogP contribution in [-0.2, 0) is 6.54 Å². The van der Waals surface area contributed by atoms with Crippen molar-refractivity contribution in [2.75, 3.05) is 33.1 Å². The number of anilines is 1. The van der Waals surface area contributed by atoms with Gasteiger partial charge in [0.25, 0.3) is 5.91 Å². The average molecular weight is 642 g/mol. The van der Waals surface area contributed by atoms with Gasteiger partial charge in [-0.1, -0.05) is 49.5 Å².